The molecule has 0 amide bonds. The fourth-order valence-corrected chi connectivity index (χ4v) is 5.45. The van der Waals surface area contributed by atoms with Crippen molar-refractivity contribution in [1.29, 1.82) is 5.26 Å². The van der Waals surface area contributed by atoms with Crippen molar-refractivity contribution in [2.45, 2.75) is 50.8 Å². The number of benzene rings is 2. The van der Waals surface area contributed by atoms with E-state index in [1.165, 1.54) is 16.7 Å². The summed E-state index contributed by atoms with van der Waals surface area (Å²) in [7, 11) is 0. The molecular formula is C25H26N6OS. The lowest BCUT2D eigenvalue weighted by molar-refractivity contribution is 0.241. The molecule has 7 nitrogen and oxygen atoms in total. The van der Waals surface area contributed by atoms with Crippen LogP contribution in [0, 0.1) is 11.3 Å². The summed E-state index contributed by atoms with van der Waals surface area (Å²) in [6.07, 6.45) is 5.76. The van der Waals surface area contributed by atoms with E-state index >= 15 is 0 Å². The lowest BCUT2D eigenvalue weighted by atomic mass is 10.0. The summed E-state index contributed by atoms with van der Waals surface area (Å²) >= 11 is 1.69. The van der Waals surface area contributed by atoms with Crippen LogP contribution in [0.5, 0.6) is 5.75 Å². The van der Waals surface area contributed by atoms with E-state index in [-0.39, 0.29) is 11.5 Å². The Morgan fingerprint density at radius 2 is 2.15 bits per heavy atom. The molecular weight excluding hydrogens is 432 g/mol. The predicted octanol–water partition coefficient (Wildman–Crippen LogP) is 4.54. The Kier molecular flexibility index (Phi) is 6.07. The number of thioether (sulfide) groups is 1. The van der Waals surface area contributed by atoms with Crippen LogP contribution in [0.15, 0.2) is 53.9 Å². The van der Waals surface area contributed by atoms with Gasteiger partial charge in [-0.05, 0) is 61.6 Å². The van der Waals surface area contributed by atoms with E-state index in [4.69, 9.17) is 4.74 Å². The Balaban J connectivity index is 1.31. The first-order valence-corrected chi connectivity index (χ1v) is 12.0. The average molecular weight is 459 g/mol. The molecule has 1 aliphatic heterocycles. The molecule has 5 rings (SSSR count). The third-order valence-corrected chi connectivity index (χ3v) is 7.03. The number of aromatic nitrogens is 2. The van der Waals surface area contributed by atoms with Crippen molar-refractivity contribution in [1.82, 2.24) is 20.7 Å². The Labute approximate surface area is 197 Å². The standard InChI is InChI=1S/C25H26N6OS/c1-15(2)32-22-9-6-16(12-17(22)13-26)24-30-31-25(33-24)20-5-3-4-19-18(20)7-8-21(19)29-14-23-27-10-11-28-23/h3-6,9-12,15,21,25,29,31H,7-8,14H2,1-2H3,(H,27,28). The van der Waals surface area contributed by atoms with Crippen molar-refractivity contribution in [2.24, 2.45) is 5.10 Å². The molecule has 8 heteroatoms. The number of rotatable bonds is 7. The summed E-state index contributed by atoms with van der Waals surface area (Å²) in [6.45, 7) is 4.63. The number of fused-ring (bicyclic) bond motifs is 1. The fourth-order valence-electron chi connectivity index (χ4n) is 4.41. The summed E-state index contributed by atoms with van der Waals surface area (Å²) in [6, 6.07) is 14.8. The molecule has 0 saturated carbocycles. The van der Waals surface area contributed by atoms with Gasteiger partial charge < -0.3 is 15.0 Å². The normalized spacial score (nSPS) is 19.2. The Hall–Kier alpha value is -3.28. The van der Waals surface area contributed by atoms with Crippen molar-refractivity contribution in [3.05, 3.63) is 82.4 Å². The summed E-state index contributed by atoms with van der Waals surface area (Å²) in [4.78, 5) is 7.46. The van der Waals surface area contributed by atoms with Gasteiger partial charge in [0.2, 0.25) is 0 Å². The largest absolute Gasteiger partial charge is 0.490 e. The van der Waals surface area contributed by atoms with Crippen LogP contribution in [0.2, 0.25) is 0 Å². The van der Waals surface area contributed by atoms with Crippen molar-refractivity contribution in [3.8, 4) is 11.8 Å². The van der Waals surface area contributed by atoms with E-state index in [2.05, 4.69) is 50.1 Å². The summed E-state index contributed by atoms with van der Waals surface area (Å²) in [5.74, 6) is 1.56. The SMILES string of the molecule is CC(C)Oc1ccc(C2=NNC(c3cccc4c3CCC4NCc3ncc[nH]3)S2)cc1C#N. The van der Waals surface area contributed by atoms with Crippen LogP contribution in [0.1, 0.15) is 65.3 Å². The second-order valence-electron chi connectivity index (χ2n) is 8.46. The molecule has 168 valence electrons. The molecule has 2 aliphatic rings. The number of hydrazone groups is 1. The van der Waals surface area contributed by atoms with Crippen molar-refractivity contribution in [3.63, 3.8) is 0 Å². The minimum Gasteiger partial charge on any atom is -0.490 e. The first-order chi connectivity index (χ1) is 16.1. The first kappa shape index (κ1) is 21.6. The van der Waals surface area contributed by atoms with Crippen LogP contribution in [-0.2, 0) is 13.0 Å². The average Bonchev–Trinajstić information content (AvgIpc) is 3.58. The molecule has 1 aromatic heterocycles. The lowest BCUT2D eigenvalue weighted by Gasteiger charge is -2.17. The van der Waals surface area contributed by atoms with Crippen LogP contribution >= 0.6 is 11.8 Å². The minimum atomic E-state index is 0.0183. The van der Waals surface area contributed by atoms with Gasteiger partial charge in [0, 0.05) is 24.0 Å². The quantitative estimate of drug-likeness (QED) is 0.481. The van der Waals surface area contributed by atoms with Crippen LogP contribution in [0.4, 0.5) is 0 Å². The zero-order chi connectivity index (χ0) is 22.8. The molecule has 0 saturated heterocycles. The number of aromatic amines is 1. The maximum atomic E-state index is 9.56. The summed E-state index contributed by atoms with van der Waals surface area (Å²) < 4.78 is 5.75. The zero-order valence-electron chi connectivity index (χ0n) is 18.6. The third kappa shape index (κ3) is 4.47. The van der Waals surface area contributed by atoms with Gasteiger partial charge in [0.05, 0.1) is 18.2 Å². The van der Waals surface area contributed by atoms with Gasteiger partial charge in [0.1, 0.15) is 28.1 Å². The Morgan fingerprint density at radius 1 is 1.27 bits per heavy atom. The smallest absolute Gasteiger partial charge is 0.137 e. The number of ether oxygens (including phenoxy) is 1. The van der Waals surface area contributed by atoms with Gasteiger partial charge in [-0.1, -0.05) is 30.0 Å². The van der Waals surface area contributed by atoms with Gasteiger partial charge in [-0.3, -0.25) is 5.43 Å². The van der Waals surface area contributed by atoms with E-state index in [1.54, 1.807) is 18.0 Å². The second kappa shape index (κ2) is 9.30. The Bertz CT molecular complexity index is 1210. The van der Waals surface area contributed by atoms with Crippen LogP contribution < -0.4 is 15.5 Å². The van der Waals surface area contributed by atoms with E-state index < -0.39 is 0 Å². The lowest BCUT2D eigenvalue weighted by Crippen LogP contribution is -2.19. The molecule has 0 fully saturated rings. The highest BCUT2D eigenvalue weighted by Crippen LogP contribution is 2.41. The topological polar surface area (TPSA) is 98.1 Å². The van der Waals surface area contributed by atoms with Crippen LogP contribution in [0.25, 0.3) is 0 Å². The maximum Gasteiger partial charge on any atom is 0.137 e. The number of nitrogens with one attached hydrogen (secondary N) is 3. The Morgan fingerprint density at radius 3 is 2.94 bits per heavy atom. The molecule has 2 heterocycles. The van der Waals surface area contributed by atoms with E-state index in [0.29, 0.717) is 17.4 Å². The molecule has 3 N–H and O–H groups in total. The second-order valence-corrected chi connectivity index (χ2v) is 9.55. The van der Waals surface area contributed by atoms with Crippen molar-refractivity contribution >= 4 is 16.8 Å². The highest BCUT2D eigenvalue weighted by atomic mass is 32.2. The van der Waals surface area contributed by atoms with E-state index in [0.717, 1.165) is 35.8 Å². The van der Waals surface area contributed by atoms with Crippen molar-refractivity contribution < 1.29 is 4.74 Å². The molecule has 2 atom stereocenters. The molecule has 33 heavy (non-hydrogen) atoms. The number of imidazole rings is 1. The number of hydrogen-bond donors (Lipinski definition) is 3. The highest BCUT2D eigenvalue weighted by molar-refractivity contribution is 8.14. The van der Waals surface area contributed by atoms with Gasteiger partial charge in [-0.15, -0.1) is 0 Å². The van der Waals surface area contributed by atoms with Gasteiger partial charge in [0.25, 0.3) is 0 Å². The molecule has 0 spiro atoms. The van der Waals surface area contributed by atoms with Gasteiger partial charge in [-0.2, -0.15) is 10.4 Å². The number of nitriles is 1. The highest BCUT2D eigenvalue weighted by Gasteiger charge is 2.30. The van der Waals surface area contributed by atoms with Crippen LogP contribution in [-0.4, -0.2) is 21.1 Å². The minimum absolute atomic E-state index is 0.0183. The first-order valence-electron chi connectivity index (χ1n) is 11.2. The molecule has 0 radical (unpaired) electrons. The molecule has 2 aromatic carbocycles. The molecule has 1 aliphatic carbocycles. The number of H-pyrrole nitrogens is 1. The molecule has 3 aromatic rings. The molecule has 0 bridgehead atoms. The maximum absolute atomic E-state index is 9.56. The number of hydrogen-bond acceptors (Lipinski definition) is 7. The van der Waals surface area contributed by atoms with Gasteiger partial charge in [-0.25, -0.2) is 4.98 Å². The van der Waals surface area contributed by atoms with Crippen LogP contribution in [0.3, 0.4) is 0 Å². The zero-order valence-corrected chi connectivity index (χ0v) is 19.4. The summed E-state index contributed by atoms with van der Waals surface area (Å²) in [5, 5.41) is 18.7. The van der Waals surface area contributed by atoms with Gasteiger partial charge in [0.15, 0.2) is 0 Å². The number of nitrogens with zero attached hydrogens (tertiary/aromatic N) is 3. The van der Waals surface area contributed by atoms with E-state index in [1.807, 2.05) is 38.2 Å². The molecule has 2 unspecified atom stereocenters. The van der Waals surface area contributed by atoms with Gasteiger partial charge >= 0.3 is 0 Å². The van der Waals surface area contributed by atoms with E-state index in [9.17, 15) is 5.26 Å². The predicted molar refractivity (Wildman–Crippen MR) is 130 cm³/mol. The summed E-state index contributed by atoms with van der Waals surface area (Å²) in [5.41, 5.74) is 8.79. The monoisotopic (exact) mass is 458 g/mol. The fraction of sp³-hybridized carbons (Fsp3) is 0.320. The van der Waals surface area contributed by atoms with Crippen molar-refractivity contribution in [2.75, 3.05) is 0 Å². The third-order valence-electron chi connectivity index (χ3n) is 5.88.